The molecule has 140 valence electrons. The normalized spacial score (nSPS) is 10.7. The highest BCUT2D eigenvalue weighted by atomic mass is 35.5. The molecule has 2 nitrogen and oxygen atoms in total. The number of ether oxygens (including phenoxy) is 1. The van der Waals surface area contributed by atoms with Crippen molar-refractivity contribution in [3.63, 3.8) is 0 Å². The Labute approximate surface area is 170 Å². The Morgan fingerprint density at radius 1 is 0.815 bits per heavy atom. The summed E-state index contributed by atoms with van der Waals surface area (Å²) in [6.07, 6.45) is 0. The highest BCUT2D eigenvalue weighted by Crippen LogP contribution is 2.35. The van der Waals surface area contributed by atoms with Crippen LogP contribution in [0.3, 0.4) is 0 Å². The Morgan fingerprint density at radius 2 is 1.56 bits per heavy atom. The fourth-order valence-corrected chi connectivity index (χ4v) is 3.27. The molecular weight excluding hydrogens is 415 g/mol. The van der Waals surface area contributed by atoms with Gasteiger partial charge in [-0.15, -0.1) is 0 Å². The van der Waals surface area contributed by atoms with Crippen molar-refractivity contribution in [1.82, 2.24) is 0 Å². The molecular formula is C20H14Cl3F2NO. The maximum atomic E-state index is 13.2. The van der Waals surface area contributed by atoms with Crippen molar-refractivity contribution >= 4 is 40.5 Å². The van der Waals surface area contributed by atoms with Gasteiger partial charge in [0.05, 0.1) is 15.1 Å². The molecule has 0 amide bonds. The predicted molar refractivity (Wildman–Crippen MR) is 106 cm³/mol. The van der Waals surface area contributed by atoms with Crippen molar-refractivity contribution in [3.05, 3.63) is 92.4 Å². The van der Waals surface area contributed by atoms with Crippen LogP contribution in [0.2, 0.25) is 15.1 Å². The zero-order valence-electron chi connectivity index (χ0n) is 13.9. The lowest BCUT2D eigenvalue weighted by Crippen LogP contribution is -2.01. The zero-order valence-corrected chi connectivity index (χ0v) is 16.2. The first-order valence-corrected chi connectivity index (χ1v) is 9.10. The molecule has 3 aromatic carbocycles. The van der Waals surface area contributed by atoms with E-state index < -0.39 is 5.82 Å². The predicted octanol–water partition coefficient (Wildman–Crippen LogP) is 7.12. The largest absolute Gasteiger partial charge is 0.486 e. The lowest BCUT2D eigenvalue weighted by atomic mass is 10.2. The van der Waals surface area contributed by atoms with Crippen molar-refractivity contribution < 1.29 is 13.5 Å². The molecule has 0 aliphatic carbocycles. The highest BCUT2D eigenvalue weighted by Gasteiger charge is 2.11. The van der Waals surface area contributed by atoms with Gasteiger partial charge in [-0.25, -0.2) is 8.78 Å². The summed E-state index contributed by atoms with van der Waals surface area (Å²) in [4.78, 5) is 0. The van der Waals surface area contributed by atoms with Crippen LogP contribution in [0.1, 0.15) is 11.1 Å². The summed E-state index contributed by atoms with van der Waals surface area (Å²) in [5, 5.41) is 3.84. The molecule has 0 bridgehead atoms. The molecule has 3 rings (SSSR count). The molecule has 0 aliphatic heterocycles. The Hall–Kier alpha value is -2.01. The quantitative estimate of drug-likeness (QED) is 0.451. The van der Waals surface area contributed by atoms with Gasteiger partial charge in [-0.05, 0) is 53.6 Å². The van der Waals surface area contributed by atoms with E-state index in [9.17, 15) is 8.78 Å². The van der Waals surface area contributed by atoms with Crippen molar-refractivity contribution in [3.8, 4) is 5.75 Å². The molecule has 27 heavy (non-hydrogen) atoms. The lowest BCUT2D eigenvalue weighted by Gasteiger charge is -2.13. The van der Waals surface area contributed by atoms with Crippen LogP contribution in [0.4, 0.5) is 14.5 Å². The topological polar surface area (TPSA) is 21.3 Å². The van der Waals surface area contributed by atoms with Gasteiger partial charge in [0.25, 0.3) is 0 Å². The molecule has 0 radical (unpaired) electrons. The fraction of sp³-hybridized carbons (Fsp3) is 0.100. The van der Waals surface area contributed by atoms with Gasteiger partial charge in [-0.1, -0.05) is 46.9 Å². The minimum Gasteiger partial charge on any atom is -0.486 e. The first kappa shape index (κ1) is 19.7. The Morgan fingerprint density at radius 3 is 2.22 bits per heavy atom. The van der Waals surface area contributed by atoms with Crippen molar-refractivity contribution in [2.75, 3.05) is 5.32 Å². The molecule has 0 fully saturated rings. The third-order valence-corrected chi connectivity index (χ3v) is 4.60. The second-order valence-corrected chi connectivity index (χ2v) is 7.01. The van der Waals surface area contributed by atoms with Crippen LogP contribution in [-0.4, -0.2) is 0 Å². The second kappa shape index (κ2) is 8.79. The molecule has 0 saturated heterocycles. The minimum absolute atomic E-state index is 0.0390. The molecule has 0 spiro atoms. The molecule has 0 aromatic heterocycles. The Balaban J connectivity index is 1.67. The van der Waals surface area contributed by atoms with E-state index in [4.69, 9.17) is 39.5 Å². The van der Waals surface area contributed by atoms with Gasteiger partial charge in [0.15, 0.2) is 5.75 Å². The van der Waals surface area contributed by atoms with Crippen LogP contribution in [0, 0.1) is 11.6 Å². The molecule has 1 N–H and O–H groups in total. The number of hydrogen-bond donors (Lipinski definition) is 1. The Kier molecular flexibility index (Phi) is 6.42. The van der Waals surface area contributed by atoms with E-state index in [-0.39, 0.29) is 17.4 Å². The van der Waals surface area contributed by atoms with Gasteiger partial charge in [0.1, 0.15) is 18.2 Å². The fourth-order valence-electron chi connectivity index (χ4n) is 2.44. The summed E-state index contributed by atoms with van der Waals surface area (Å²) in [6, 6.07) is 13.9. The maximum absolute atomic E-state index is 13.2. The average molecular weight is 429 g/mol. The van der Waals surface area contributed by atoms with Gasteiger partial charge in [0, 0.05) is 12.2 Å². The van der Waals surface area contributed by atoms with Crippen molar-refractivity contribution in [1.29, 1.82) is 0 Å². The van der Waals surface area contributed by atoms with Gasteiger partial charge < -0.3 is 10.1 Å². The minimum atomic E-state index is -0.479. The van der Waals surface area contributed by atoms with Crippen LogP contribution in [-0.2, 0) is 13.2 Å². The Bertz CT molecular complexity index is 943. The van der Waals surface area contributed by atoms with Gasteiger partial charge >= 0.3 is 0 Å². The van der Waals surface area contributed by atoms with Gasteiger partial charge in [-0.2, -0.15) is 0 Å². The van der Waals surface area contributed by atoms with Gasteiger partial charge in [0.2, 0.25) is 0 Å². The van der Waals surface area contributed by atoms with E-state index >= 15 is 0 Å². The number of rotatable bonds is 6. The highest BCUT2D eigenvalue weighted by molar-refractivity contribution is 6.37. The smallest absolute Gasteiger partial charge is 0.156 e. The summed E-state index contributed by atoms with van der Waals surface area (Å²) in [7, 11) is 0. The molecule has 0 saturated carbocycles. The van der Waals surface area contributed by atoms with Crippen molar-refractivity contribution in [2.45, 2.75) is 13.2 Å². The molecule has 3 aromatic rings. The van der Waals surface area contributed by atoms with Crippen LogP contribution in [0.5, 0.6) is 5.75 Å². The van der Waals surface area contributed by atoms with E-state index in [2.05, 4.69) is 5.32 Å². The maximum Gasteiger partial charge on any atom is 0.156 e. The molecule has 0 atom stereocenters. The van der Waals surface area contributed by atoms with Gasteiger partial charge in [-0.3, -0.25) is 0 Å². The molecule has 7 heteroatoms. The summed E-state index contributed by atoms with van der Waals surface area (Å²) in [5.74, 6) is -0.486. The van der Waals surface area contributed by atoms with Crippen LogP contribution >= 0.6 is 34.8 Å². The van der Waals surface area contributed by atoms with Crippen LogP contribution in [0.15, 0.2) is 54.6 Å². The zero-order chi connectivity index (χ0) is 19.4. The molecule has 0 unspecified atom stereocenters. The standard InChI is InChI=1S/C20H14Cl3F2NO/c21-16-9-15(4-5-19(16)25)26-10-13-7-17(22)20(18(23)8-13)27-11-12-2-1-3-14(24)6-12/h1-9,26H,10-11H2. The summed E-state index contributed by atoms with van der Waals surface area (Å²) in [6.45, 7) is 0.550. The summed E-state index contributed by atoms with van der Waals surface area (Å²) < 4.78 is 32.1. The summed E-state index contributed by atoms with van der Waals surface area (Å²) in [5.41, 5.74) is 2.14. The third-order valence-electron chi connectivity index (χ3n) is 3.75. The molecule has 0 heterocycles. The number of anilines is 1. The van der Waals surface area contributed by atoms with E-state index in [0.717, 1.165) is 5.56 Å². The number of halogens is 5. The van der Waals surface area contributed by atoms with E-state index in [0.29, 0.717) is 33.6 Å². The first-order valence-electron chi connectivity index (χ1n) is 7.96. The van der Waals surface area contributed by atoms with Crippen LogP contribution in [0.25, 0.3) is 0 Å². The lowest BCUT2D eigenvalue weighted by molar-refractivity contribution is 0.306. The average Bonchev–Trinajstić information content (AvgIpc) is 2.62. The van der Waals surface area contributed by atoms with Crippen LogP contribution < -0.4 is 10.1 Å². The number of benzene rings is 3. The monoisotopic (exact) mass is 427 g/mol. The van der Waals surface area contributed by atoms with E-state index in [1.54, 1.807) is 30.3 Å². The first-order chi connectivity index (χ1) is 12.9. The SMILES string of the molecule is Fc1cccc(COc2c(Cl)cc(CNc3ccc(F)c(Cl)c3)cc2Cl)c1. The number of nitrogens with one attached hydrogen (secondary N) is 1. The summed E-state index contributed by atoms with van der Waals surface area (Å²) >= 11 is 18.3. The van der Waals surface area contributed by atoms with E-state index in [1.807, 2.05) is 0 Å². The third kappa shape index (κ3) is 5.25. The van der Waals surface area contributed by atoms with Crippen molar-refractivity contribution in [2.24, 2.45) is 0 Å². The number of hydrogen-bond acceptors (Lipinski definition) is 2. The molecule has 0 aliphatic rings. The second-order valence-electron chi connectivity index (χ2n) is 5.79. The van der Waals surface area contributed by atoms with E-state index in [1.165, 1.54) is 24.3 Å².